The van der Waals surface area contributed by atoms with Crippen LogP contribution in [0.3, 0.4) is 0 Å². The molecule has 4 rings (SSSR count). The number of allylic oxidation sites excluding steroid dienone is 1. The van der Waals surface area contributed by atoms with Crippen molar-refractivity contribution in [3.05, 3.63) is 61.6 Å². The van der Waals surface area contributed by atoms with E-state index in [-0.39, 0.29) is 18.1 Å². The number of hydrogen-bond acceptors (Lipinski definition) is 6. The minimum atomic E-state index is -0.401. The number of carbonyl (C=O) groups is 1. The molecule has 32 heavy (non-hydrogen) atoms. The molecule has 1 atom stereocenters. The van der Waals surface area contributed by atoms with Crippen LogP contribution in [-0.2, 0) is 4.79 Å². The van der Waals surface area contributed by atoms with Crippen LogP contribution >= 0.6 is 39.3 Å². The van der Waals surface area contributed by atoms with Gasteiger partial charge in [0.15, 0.2) is 11.5 Å². The zero-order valence-electron chi connectivity index (χ0n) is 17.6. The van der Waals surface area contributed by atoms with E-state index in [2.05, 4.69) is 26.9 Å². The summed E-state index contributed by atoms with van der Waals surface area (Å²) < 4.78 is 6.01. The molecule has 0 spiro atoms. The number of fused-ring (bicyclic) bond motifs is 1. The van der Waals surface area contributed by atoms with Crippen molar-refractivity contribution in [3.63, 3.8) is 0 Å². The Bertz CT molecular complexity index is 1160. The number of thioether (sulfide) groups is 1. The van der Waals surface area contributed by atoms with Crippen molar-refractivity contribution in [3.8, 4) is 17.6 Å². The average Bonchev–Trinajstić information content (AvgIpc) is 2.78. The molecular weight excluding hydrogens is 514 g/mol. The fraction of sp³-hybridized carbons (Fsp3) is 0.304. The summed E-state index contributed by atoms with van der Waals surface area (Å²) in [4.78, 5) is 17.0. The third-order valence-electron chi connectivity index (χ3n) is 5.63. The van der Waals surface area contributed by atoms with Crippen LogP contribution in [0.1, 0.15) is 30.4 Å². The molecule has 9 heteroatoms. The van der Waals surface area contributed by atoms with E-state index < -0.39 is 5.92 Å². The Labute approximate surface area is 204 Å². The number of halogens is 2. The Balaban J connectivity index is 1.70. The first-order chi connectivity index (χ1) is 15.3. The topological polar surface area (TPSA) is 76.8 Å². The molecule has 0 aliphatic carbocycles. The second-order valence-electron chi connectivity index (χ2n) is 7.53. The van der Waals surface area contributed by atoms with Gasteiger partial charge in [-0.3, -0.25) is 9.69 Å². The van der Waals surface area contributed by atoms with Crippen LogP contribution in [0, 0.1) is 18.3 Å². The first-order valence-corrected chi connectivity index (χ1v) is 12.2. The molecule has 2 aliphatic rings. The predicted molar refractivity (Wildman–Crippen MR) is 130 cm³/mol. The van der Waals surface area contributed by atoms with Crippen LogP contribution in [0.15, 0.2) is 45.4 Å². The van der Waals surface area contributed by atoms with E-state index >= 15 is 0 Å². The summed E-state index contributed by atoms with van der Waals surface area (Å²) in [7, 11) is 0. The summed E-state index contributed by atoms with van der Waals surface area (Å²) in [6.07, 6.45) is 0.165. The summed E-state index contributed by atoms with van der Waals surface area (Å²) in [6.45, 7) is 4.54. The number of aromatic hydroxyl groups is 1. The van der Waals surface area contributed by atoms with E-state index in [0.717, 1.165) is 16.8 Å². The summed E-state index contributed by atoms with van der Waals surface area (Å²) in [5.41, 5.74) is 3.24. The van der Waals surface area contributed by atoms with Crippen molar-refractivity contribution in [2.75, 3.05) is 24.1 Å². The SMILES string of the molecule is CCOc1cc([C@@H]2CC(=O)N3CN(c4cccc(Cl)c4C)CSC3=C2C#N)cc(Br)c1O. The summed E-state index contributed by atoms with van der Waals surface area (Å²) >= 11 is 11.1. The second-order valence-corrected chi connectivity index (χ2v) is 9.73. The molecule has 2 aliphatic heterocycles. The quantitative estimate of drug-likeness (QED) is 0.539. The van der Waals surface area contributed by atoms with Crippen LogP contribution in [0.5, 0.6) is 11.5 Å². The lowest BCUT2D eigenvalue weighted by Gasteiger charge is -2.42. The van der Waals surface area contributed by atoms with Gasteiger partial charge in [0, 0.05) is 23.0 Å². The lowest BCUT2D eigenvalue weighted by molar-refractivity contribution is -0.129. The van der Waals surface area contributed by atoms with E-state index in [9.17, 15) is 15.2 Å². The van der Waals surface area contributed by atoms with Gasteiger partial charge in [-0.15, -0.1) is 0 Å². The van der Waals surface area contributed by atoms with E-state index in [1.807, 2.05) is 32.0 Å². The van der Waals surface area contributed by atoms with Gasteiger partial charge in [0.05, 0.1) is 40.3 Å². The third-order valence-corrected chi connectivity index (χ3v) is 7.79. The number of benzene rings is 2. The summed E-state index contributed by atoms with van der Waals surface area (Å²) in [5, 5.41) is 21.6. The van der Waals surface area contributed by atoms with E-state index in [1.165, 1.54) is 11.8 Å². The summed E-state index contributed by atoms with van der Waals surface area (Å²) in [5.74, 6) is 0.477. The Morgan fingerprint density at radius 2 is 2.19 bits per heavy atom. The maximum atomic E-state index is 13.2. The molecule has 2 aromatic carbocycles. The number of phenolic OH excluding ortho intramolecular Hbond substituents is 1. The summed E-state index contributed by atoms with van der Waals surface area (Å²) in [6, 6.07) is 11.5. The van der Waals surface area contributed by atoms with Crippen molar-refractivity contribution in [1.29, 1.82) is 5.26 Å². The molecule has 0 unspecified atom stereocenters. The van der Waals surface area contributed by atoms with Gasteiger partial charge in [0.1, 0.15) is 0 Å². The van der Waals surface area contributed by atoms with Crippen LogP contribution in [0.25, 0.3) is 0 Å². The van der Waals surface area contributed by atoms with Crippen LogP contribution < -0.4 is 9.64 Å². The Hall–Kier alpha value is -2.34. The van der Waals surface area contributed by atoms with Crippen molar-refractivity contribution in [1.82, 2.24) is 4.90 Å². The highest BCUT2D eigenvalue weighted by atomic mass is 79.9. The third kappa shape index (κ3) is 4.05. The van der Waals surface area contributed by atoms with E-state index in [0.29, 0.717) is 45.0 Å². The number of hydrogen-bond donors (Lipinski definition) is 1. The molecule has 0 radical (unpaired) electrons. The van der Waals surface area contributed by atoms with Crippen LogP contribution in [-0.4, -0.2) is 35.1 Å². The number of ether oxygens (including phenoxy) is 1. The number of nitriles is 1. The van der Waals surface area contributed by atoms with Gasteiger partial charge >= 0.3 is 0 Å². The standard InChI is InChI=1S/C23H21BrClN3O3S/c1-3-31-20-8-14(7-17(24)22(20)30)15-9-21(29)28-11-27(12-32-23(28)16(15)10-26)19-6-4-5-18(25)13(19)2/h4-8,15,30H,3,9,11-12H2,1-2H3/t15-/m0/s1. The Morgan fingerprint density at radius 1 is 1.41 bits per heavy atom. The number of anilines is 1. The van der Waals surface area contributed by atoms with Crippen LogP contribution in [0.2, 0.25) is 5.02 Å². The van der Waals surface area contributed by atoms with Gasteiger partial charge in [-0.1, -0.05) is 29.4 Å². The highest BCUT2D eigenvalue weighted by Gasteiger charge is 2.39. The first-order valence-electron chi connectivity index (χ1n) is 10.1. The van der Waals surface area contributed by atoms with E-state index in [4.69, 9.17) is 16.3 Å². The first kappa shape index (κ1) is 22.8. The molecular formula is C23H21BrClN3O3S. The molecule has 0 bridgehead atoms. The van der Waals surface area contributed by atoms with Crippen molar-refractivity contribution >= 4 is 50.9 Å². The number of rotatable bonds is 4. The molecule has 166 valence electrons. The highest BCUT2D eigenvalue weighted by Crippen LogP contribution is 2.46. The molecule has 0 aromatic heterocycles. The van der Waals surface area contributed by atoms with Crippen molar-refractivity contribution in [2.45, 2.75) is 26.2 Å². The monoisotopic (exact) mass is 533 g/mol. The smallest absolute Gasteiger partial charge is 0.229 e. The van der Waals surface area contributed by atoms with Gasteiger partial charge in [0.25, 0.3) is 0 Å². The number of amides is 1. The van der Waals surface area contributed by atoms with Gasteiger partial charge in [-0.25, -0.2) is 0 Å². The Kier molecular flexibility index (Phi) is 6.61. The molecule has 1 fully saturated rings. The molecule has 6 nitrogen and oxygen atoms in total. The zero-order chi connectivity index (χ0) is 23.0. The fourth-order valence-electron chi connectivity index (χ4n) is 4.00. The number of phenols is 1. The van der Waals surface area contributed by atoms with Crippen LogP contribution in [0.4, 0.5) is 5.69 Å². The normalized spacial score (nSPS) is 18.5. The second kappa shape index (κ2) is 9.26. The molecule has 2 aromatic rings. The molecule has 1 amide bonds. The zero-order valence-corrected chi connectivity index (χ0v) is 20.7. The lowest BCUT2D eigenvalue weighted by atomic mass is 9.86. The van der Waals surface area contributed by atoms with Gasteiger partial charge in [0.2, 0.25) is 5.91 Å². The largest absolute Gasteiger partial charge is 0.503 e. The van der Waals surface area contributed by atoms with Gasteiger partial charge < -0.3 is 14.7 Å². The number of nitrogens with zero attached hydrogens (tertiary/aromatic N) is 3. The van der Waals surface area contributed by atoms with E-state index in [1.54, 1.807) is 17.0 Å². The molecule has 0 saturated carbocycles. The predicted octanol–water partition coefficient (Wildman–Crippen LogP) is 5.73. The highest BCUT2D eigenvalue weighted by molar-refractivity contribution is 9.10. The lowest BCUT2D eigenvalue weighted by Crippen LogP contribution is -2.47. The van der Waals surface area contributed by atoms with Gasteiger partial charge in [-0.05, 0) is 65.2 Å². The number of carbonyl (C=O) groups excluding carboxylic acids is 1. The average molecular weight is 535 g/mol. The minimum Gasteiger partial charge on any atom is -0.503 e. The fourth-order valence-corrected chi connectivity index (χ4v) is 5.79. The van der Waals surface area contributed by atoms with Crippen molar-refractivity contribution in [2.24, 2.45) is 0 Å². The van der Waals surface area contributed by atoms with Crippen molar-refractivity contribution < 1.29 is 14.6 Å². The molecule has 1 N–H and O–H groups in total. The van der Waals surface area contributed by atoms with Gasteiger partial charge in [-0.2, -0.15) is 5.26 Å². The maximum absolute atomic E-state index is 13.2. The maximum Gasteiger partial charge on any atom is 0.229 e. The minimum absolute atomic E-state index is 0.00472. The molecule has 2 heterocycles. The Morgan fingerprint density at radius 3 is 2.91 bits per heavy atom. The molecule has 1 saturated heterocycles.